The van der Waals surface area contributed by atoms with Crippen LogP contribution in [0.4, 0.5) is 4.79 Å². The maximum atomic E-state index is 13.6. The molecule has 1 heterocycles. The molecule has 1 saturated heterocycles. The van der Waals surface area contributed by atoms with E-state index >= 15 is 0 Å². The first-order valence-corrected chi connectivity index (χ1v) is 14.4. The van der Waals surface area contributed by atoms with Crippen LogP contribution < -0.4 is 5.32 Å². The Labute approximate surface area is 221 Å². The second-order valence-corrected chi connectivity index (χ2v) is 12.7. The monoisotopic (exact) mass is 544 g/mol. The van der Waals surface area contributed by atoms with Crippen molar-refractivity contribution in [2.75, 3.05) is 45.6 Å². The van der Waals surface area contributed by atoms with Crippen molar-refractivity contribution in [2.45, 2.75) is 65.1 Å². The van der Waals surface area contributed by atoms with Crippen molar-refractivity contribution in [3.05, 3.63) is 34.9 Å². The minimum absolute atomic E-state index is 0.0282. The molecule has 0 spiro atoms. The first-order chi connectivity index (χ1) is 16.9. The van der Waals surface area contributed by atoms with Crippen molar-refractivity contribution < 1.29 is 22.7 Å². The maximum absolute atomic E-state index is 13.6. The van der Waals surface area contributed by atoms with E-state index in [9.17, 15) is 18.0 Å². The predicted octanol–water partition coefficient (Wildman–Crippen LogP) is 3.33. The number of hydrogen-bond donors (Lipinski definition) is 1. The number of nitrogens with zero attached hydrogens (tertiary/aromatic N) is 3. The van der Waals surface area contributed by atoms with Gasteiger partial charge in [-0.15, -0.1) is 0 Å². The van der Waals surface area contributed by atoms with Gasteiger partial charge in [0.2, 0.25) is 15.9 Å². The third kappa shape index (κ3) is 9.53. The first-order valence-electron chi connectivity index (χ1n) is 12.4. The van der Waals surface area contributed by atoms with Gasteiger partial charge in [-0.2, -0.15) is 4.31 Å². The Morgan fingerprint density at radius 2 is 1.89 bits per heavy atom. The molecule has 9 nitrogen and oxygen atoms in total. The molecule has 1 aromatic carbocycles. The molecule has 0 saturated carbocycles. The minimum atomic E-state index is -3.60. The van der Waals surface area contributed by atoms with Gasteiger partial charge in [0.1, 0.15) is 0 Å². The van der Waals surface area contributed by atoms with Gasteiger partial charge in [-0.1, -0.05) is 30.7 Å². The van der Waals surface area contributed by atoms with Crippen LogP contribution in [0.1, 0.15) is 52.5 Å². The topological polar surface area (TPSA) is 99.3 Å². The molecular weight excluding hydrogens is 504 g/mol. The summed E-state index contributed by atoms with van der Waals surface area (Å²) >= 11 is 6.18. The lowest BCUT2D eigenvalue weighted by atomic mass is 10.0. The van der Waals surface area contributed by atoms with Crippen LogP contribution in [0.2, 0.25) is 5.02 Å². The van der Waals surface area contributed by atoms with Gasteiger partial charge in [0.25, 0.3) is 0 Å². The summed E-state index contributed by atoms with van der Waals surface area (Å²) in [5, 5.41) is 3.55. The van der Waals surface area contributed by atoms with Crippen LogP contribution in [0, 0.1) is 0 Å². The van der Waals surface area contributed by atoms with Gasteiger partial charge >= 0.3 is 6.03 Å². The number of carbonyl (C=O) groups excluding carboxylic acids is 2. The van der Waals surface area contributed by atoms with Gasteiger partial charge in [-0.05, 0) is 57.7 Å². The van der Waals surface area contributed by atoms with Crippen molar-refractivity contribution in [1.82, 2.24) is 19.4 Å². The van der Waals surface area contributed by atoms with E-state index in [0.29, 0.717) is 43.9 Å². The smallest absolute Gasteiger partial charge is 0.317 e. The summed E-state index contributed by atoms with van der Waals surface area (Å²) in [5.41, 5.74) is 0.529. The number of rotatable bonds is 11. The molecule has 0 atom stereocenters. The van der Waals surface area contributed by atoms with Crippen molar-refractivity contribution in [1.29, 1.82) is 0 Å². The van der Waals surface area contributed by atoms with E-state index in [0.717, 1.165) is 5.56 Å². The molecule has 0 bridgehead atoms. The lowest BCUT2D eigenvalue weighted by Gasteiger charge is -2.40. The highest BCUT2D eigenvalue weighted by molar-refractivity contribution is 7.89. The van der Waals surface area contributed by atoms with Crippen LogP contribution in [0.3, 0.4) is 0 Å². The average molecular weight is 545 g/mol. The number of amides is 3. The molecule has 36 heavy (non-hydrogen) atoms. The van der Waals surface area contributed by atoms with Crippen molar-refractivity contribution in [2.24, 2.45) is 0 Å². The number of carbonyl (C=O) groups is 2. The molecule has 1 fully saturated rings. The first kappa shape index (κ1) is 30.3. The second kappa shape index (κ2) is 13.6. The Morgan fingerprint density at radius 1 is 1.22 bits per heavy atom. The zero-order valence-electron chi connectivity index (χ0n) is 22.1. The molecule has 0 aromatic heterocycles. The highest BCUT2D eigenvalue weighted by Crippen LogP contribution is 2.22. The Hall–Kier alpha value is -1.88. The molecule has 11 heteroatoms. The quantitative estimate of drug-likeness (QED) is 0.460. The fraction of sp³-hybridized carbons (Fsp3) is 0.680. The molecule has 1 N–H and O–H groups in total. The predicted molar refractivity (Wildman–Crippen MR) is 142 cm³/mol. The van der Waals surface area contributed by atoms with Crippen LogP contribution in [-0.2, 0) is 26.1 Å². The highest BCUT2D eigenvalue weighted by atomic mass is 35.5. The summed E-state index contributed by atoms with van der Waals surface area (Å²) in [4.78, 5) is 29.7. The van der Waals surface area contributed by atoms with Gasteiger partial charge in [-0.25, -0.2) is 13.2 Å². The Kier molecular flexibility index (Phi) is 11.5. The molecule has 3 amide bonds. The van der Waals surface area contributed by atoms with Crippen LogP contribution >= 0.6 is 11.6 Å². The fourth-order valence-corrected chi connectivity index (χ4v) is 5.82. The Morgan fingerprint density at radius 3 is 2.44 bits per heavy atom. The molecule has 1 aromatic rings. The van der Waals surface area contributed by atoms with Gasteiger partial charge in [0.15, 0.2) is 0 Å². The zero-order valence-corrected chi connectivity index (χ0v) is 23.7. The van der Waals surface area contributed by atoms with Gasteiger partial charge in [-0.3, -0.25) is 4.79 Å². The normalized spacial score (nSPS) is 15.2. The number of halogens is 1. The summed E-state index contributed by atoms with van der Waals surface area (Å²) in [6.45, 7) is 8.98. The number of ether oxygens (including phenoxy) is 1. The largest absolute Gasteiger partial charge is 0.383 e. The number of nitrogens with one attached hydrogen (secondary N) is 1. The van der Waals surface area contributed by atoms with E-state index < -0.39 is 10.0 Å². The van der Waals surface area contributed by atoms with Gasteiger partial charge < -0.3 is 19.9 Å². The average Bonchev–Trinajstić information content (AvgIpc) is 2.79. The van der Waals surface area contributed by atoms with Gasteiger partial charge in [0.05, 0.1) is 18.9 Å². The molecule has 0 unspecified atom stereocenters. The fourth-order valence-electron chi connectivity index (χ4n) is 4.17. The van der Waals surface area contributed by atoms with Crippen LogP contribution in [0.25, 0.3) is 0 Å². The van der Waals surface area contributed by atoms with E-state index in [1.165, 1.54) is 11.4 Å². The summed E-state index contributed by atoms with van der Waals surface area (Å²) < 4.78 is 32.0. The number of urea groups is 1. The lowest BCUT2D eigenvalue weighted by molar-refractivity contribution is -0.135. The van der Waals surface area contributed by atoms with Gasteiger partial charge in [0, 0.05) is 49.9 Å². The maximum Gasteiger partial charge on any atom is 0.317 e. The molecular formula is C25H41ClN4O5S. The third-order valence-electron chi connectivity index (χ3n) is 5.95. The van der Waals surface area contributed by atoms with E-state index in [-0.39, 0.29) is 49.0 Å². The Balaban J connectivity index is 2.22. The molecule has 1 aliphatic heterocycles. The standard InChI is InChI=1S/C25H41ClN4O5S/c1-6-16-36(33,34)29(14-15-35-5)19-23(31)30(18-20-8-7-9-21(26)17-20)22-10-12-28(13-11-22)24(32)27-25(2,3)4/h7-9,17,22H,6,10-16,18-19H2,1-5H3,(H,27,32). The van der Waals surface area contributed by atoms with E-state index in [1.807, 2.05) is 39.0 Å². The SMILES string of the molecule is CCCS(=O)(=O)N(CCOC)CC(=O)N(Cc1cccc(Cl)c1)C1CCN(C(=O)NC(C)(C)C)CC1. The number of likely N-dealkylation sites (tertiary alicyclic amines) is 1. The minimum Gasteiger partial charge on any atom is -0.383 e. The van der Waals surface area contributed by atoms with Crippen molar-refractivity contribution in [3.8, 4) is 0 Å². The van der Waals surface area contributed by atoms with Crippen LogP contribution in [0.15, 0.2) is 24.3 Å². The number of methoxy groups -OCH3 is 1. The van der Waals surface area contributed by atoms with Crippen molar-refractivity contribution >= 4 is 33.6 Å². The summed E-state index contributed by atoms with van der Waals surface area (Å²) in [5.74, 6) is -0.303. The highest BCUT2D eigenvalue weighted by Gasteiger charge is 2.33. The number of hydrogen-bond acceptors (Lipinski definition) is 5. The molecule has 2 rings (SSSR count). The van der Waals surface area contributed by atoms with E-state index in [1.54, 1.807) is 22.8 Å². The van der Waals surface area contributed by atoms with E-state index in [2.05, 4.69) is 5.32 Å². The van der Waals surface area contributed by atoms with Crippen molar-refractivity contribution in [3.63, 3.8) is 0 Å². The number of piperidine rings is 1. The summed E-state index contributed by atoms with van der Waals surface area (Å²) in [6, 6.07) is 7.06. The summed E-state index contributed by atoms with van der Waals surface area (Å²) in [7, 11) is -2.10. The lowest BCUT2D eigenvalue weighted by Crippen LogP contribution is -2.54. The molecule has 204 valence electrons. The third-order valence-corrected chi connectivity index (χ3v) is 8.21. The zero-order chi connectivity index (χ0) is 26.9. The van der Waals surface area contributed by atoms with Crippen LogP contribution in [0.5, 0.6) is 0 Å². The number of sulfonamides is 1. The molecule has 0 aliphatic carbocycles. The van der Waals surface area contributed by atoms with E-state index in [4.69, 9.17) is 16.3 Å². The number of benzene rings is 1. The molecule has 1 aliphatic rings. The summed E-state index contributed by atoms with van der Waals surface area (Å²) in [6.07, 6.45) is 1.66. The second-order valence-electron chi connectivity index (χ2n) is 10.2. The molecule has 0 radical (unpaired) electrons. The van der Waals surface area contributed by atoms with Crippen LogP contribution in [-0.4, -0.2) is 91.7 Å². The Bertz CT molecular complexity index is 975.